The Morgan fingerprint density at radius 1 is 0.639 bits per heavy atom. The molecular weight excluding hydrogens is 1260 g/mol. The summed E-state index contributed by atoms with van der Waals surface area (Å²) >= 11 is 0. The van der Waals surface area contributed by atoms with Crippen molar-refractivity contribution in [2.45, 2.75) is 199 Å². The molecule has 2 fully saturated rings. The van der Waals surface area contributed by atoms with Gasteiger partial charge in [0.25, 0.3) is 0 Å². The van der Waals surface area contributed by atoms with Gasteiger partial charge in [-0.15, -0.1) is 10.2 Å². The van der Waals surface area contributed by atoms with E-state index in [1.165, 1.54) is 74.9 Å². The van der Waals surface area contributed by atoms with E-state index in [4.69, 9.17) is 57.3 Å². The maximum atomic E-state index is 11.1. The molecule has 1 amide bonds. The van der Waals surface area contributed by atoms with E-state index in [0.717, 1.165) is 152 Å². The number of halogens is 1. The minimum Gasteiger partial charge on any atom is -0.508 e. The summed E-state index contributed by atoms with van der Waals surface area (Å²) in [5, 5.41) is 38.7. The van der Waals surface area contributed by atoms with Gasteiger partial charge in [0.2, 0.25) is 5.91 Å². The summed E-state index contributed by atoms with van der Waals surface area (Å²) in [6.07, 6.45) is 27.6. The fourth-order valence-corrected chi connectivity index (χ4v) is 13.0. The Labute approximate surface area is 584 Å². The molecule has 6 aromatic rings. The first kappa shape index (κ1) is 79.0. The molecular formula is C75H95ClLiN3O17. The SMILES string of the molecule is C=COC1CCc2cc(OC3CCCCO3)ccc21.CC(C)O.CCOCC.O=C1CC(CC2CCc3cc(O)ccc32)=CN1.O=C1CCc2cc(O)ccc21.O=CCC1CCc2cc(OC3CCCCO3)ccc21.Oc1ccc2c(c1)CCC2Cc1cnc[nH]1.[Li+].[O-][Cl+3]([O-])([O-])[O-]. The summed E-state index contributed by atoms with van der Waals surface area (Å²) in [6.45, 7) is 14.4. The molecule has 6 unspecified atom stereocenters. The number of nitrogens with zero attached hydrogens (tertiary/aromatic N) is 1. The Hall–Kier alpha value is -7.03. The van der Waals surface area contributed by atoms with Crippen molar-refractivity contribution in [3.05, 3.63) is 189 Å². The summed E-state index contributed by atoms with van der Waals surface area (Å²) < 4.78 is 67.3. The number of benzene rings is 5. The molecule has 5 aliphatic carbocycles. The number of Topliss-reactive ketones (excluding diaryl/α,β-unsaturated/α-hetero) is 1. The fourth-order valence-electron chi connectivity index (χ4n) is 13.0. The summed E-state index contributed by atoms with van der Waals surface area (Å²) in [6, 6.07) is 28.8. The van der Waals surface area contributed by atoms with E-state index < -0.39 is 10.2 Å². The molecule has 97 heavy (non-hydrogen) atoms. The van der Waals surface area contributed by atoms with Crippen molar-refractivity contribution in [3.8, 4) is 28.7 Å². The third-order valence-electron chi connectivity index (χ3n) is 17.3. The molecule has 0 radical (unpaired) electrons. The molecule has 0 bridgehead atoms. The Morgan fingerprint density at radius 3 is 1.61 bits per heavy atom. The van der Waals surface area contributed by atoms with Gasteiger partial charge in [0.15, 0.2) is 18.4 Å². The molecule has 0 saturated carbocycles. The van der Waals surface area contributed by atoms with E-state index in [1.54, 1.807) is 50.5 Å². The molecule has 8 aliphatic rings. The smallest absolute Gasteiger partial charge is 0.508 e. The number of hydrogen-bond acceptors (Lipinski definition) is 18. The van der Waals surface area contributed by atoms with Crippen molar-refractivity contribution in [3.63, 3.8) is 0 Å². The molecule has 6 atom stereocenters. The van der Waals surface area contributed by atoms with Gasteiger partial charge in [-0.25, -0.2) is 23.6 Å². The van der Waals surface area contributed by atoms with Gasteiger partial charge in [-0.2, -0.15) is 0 Å². The van der Waals surface area contributed by atoms with Crippen LogP contribution in [0.15, 0.2) is 128 Å². The number of aliphatic hydroxyl groups is 1. The second-order valence-corrected chi connectivity index (χ2v) is 25.6. The van der Waals surface area contributed by atoms with Crippen molar-refractivity contribution in [1.82, 2.24) is 15.3 Å². The number of hydrogen-bond donors (Lipinski definition) is 6. The largest absolute Gasteiger partial charge is 1.00 e. The number of rotatable bonds is 14. The molecule has 14 rings (SSSR count). The zero-order valence-corrected chi connectivity index (χ0v) is 57.4. The van der Waals surface area contributed by atoms with Crippen LogP contribution in [-0.2, 0) is 67.1 Å². The number of amides is 1. The number of carbonyl (C=O) groups is 3. The van der Waals surface area contributed by atoms with E-state index in [1.807, 2.05) is 56.6 Å². The van der Waals surface area contributed by atoms with Crippen LogP contribution in [0.2, 0.25) is 0 Å². The number of aromatic nitrogens is 2. The van der Waals surface area contributed by atoms with Gasteiger partial charge in [-0.05, 0) is 264 Å². The van der Waals surface area contributed by atoms with E-state index in [2.05, 4.69) is 52.2 Å². The number of aryl methyl sites for hydroxylation is 5. The molecule has 3 aliphatic heterocycles. The summed E-state index contributed by atoms with van der Waals surface area (Å²) in [5.41, 5.74) is 14.7. The number of ketones is 1. The van der Waals surface area contributed by atoms with Crippen LogP contribution < -0.4 is 52.3 Å². The van der Waals surface area contributed by atoms with Crippen LogP contribution in [0.25, 0.3) is 0 Å². The van der Waals surface area contributed by atoms with Gasteiger partial charge in [0, 0.05) is 75.1 Å². The van der Waals surface area contributed by atoms with Gasteiger partial charge in [0.05, 0.1) is 25.8 Å². The van der Waals surface area contributed by atoms with Crippen LogP contribution in [0.4, 0.5) is 0 Å². The van der Waals surface area contributed by atoms with Crippen molar-refractivity contribution in [2.75, 3.05) is 26.4 Å². The fraction of sp³-hybridized carbons (Fsp3) is 0.467. The Morgan fingerprint density at radius 2 is 1.12 bits per heavy atom. The van der Waals surface area contributed by atoms with Crippen LogP contribution in [0, 0.1) is 10.2 Å². The number of aromatic hydroxyl groups is 3. The first-order valence-electron chi connectivity index (χ1n) is 33.5. The van der Waals surface area contributed by atoms with Crippen molar-refractivity contribution in [2.24, 2.45) is 0 Å². The van der Waals surface area contributed by atoms with Gasteiger partial charge in [0.1, 0.15) is 41.1 Å². The second kappa shape index (κ2) is 40.8. The van der Waals surface area contributed by atoms with Gasteiger partial charge in [-0.3, -0.25) is 9.59 Å². The number of aromatic amines is 1. The predicted molar refractivity (Wildman–Crippen MR) is 352 cm³/mol. The number of H-pyrrole nitrogens is 1. The van der Waals surface area contributed by atoms with E-state index in [0.29, 0.717) is 48.5 Å². The number of aliphatic hydroxyl groups excluding tert-OH is 1. The van der Waals surface area contributed by atoms with Gasteiger partial charge in [-0.1, -0.05) is 30.8 Å². The summed E-state index contributed by atoms with van der Waals surface area (Å²) in [5.74, 6) is 4.56. The average Bonchev–Trinajstić information content (AvgIpc) is 1.74. The van der Waals surface area contributed by atoms with Crippen molar-refractivity contribution in [1.29, 1.82) is 0 Å². The zero-order chi connectivity index (χ0) is 69.0. The molecule has 22 heteroatoms. The Balaban J connectivity index is 0.000000183. The Kier molecular flexibility index (Phi) is 33.2. The molecule has 4 heterocycles. The molecule has 5 aromatic carbocycles. The number of nitrogens with one attached hydrogen (secondary N) is 2. The molecule has 2 saturated heterocycles. The summed E-state index contributed by atoms with van der Waals surface area (Å²) in [7, 11) is -4.94. The predicted octanol–water partition coefficient (Wildman–Crippen LogP) is 6.75. The Bertz CT molecular complexity index is 3340. The summed E-state index contributed by atoms with van der Waals surface area (Å²) in [4.78, 5) is 40.1. The topological polar surface area (TPSA) is 320 Å². The molecule has 20 nitrogen and oxygen atoms in total. The van der Waals surface area contributed by atoms with E-state index in [-0.39, 0.29) is 61.1 Å². The monoisotopic (exact) mass is 1350 g/mol. The molecule has 6 N–H and O–H groups in total. The van der Waals surface area contributed by atoms with Crippen LogP contribution in [0.3, 0.4) is 0 Å². The molecule has 1 aromatic heterocycles. The number of phenols is 3. The number of fused-ring (bicyclic) bond motifs is 5. The second-order valence-electron chi connectivity index (χ2n) is 24.8. The van der Waals surface area contributed by atoms with Crippen LogP contribution in [0.1, 0.15) is 208 Å². The number of ether oxygens (including phenoxy) is 6. The van der Waals surface area contributed by atoms with E-state index >= 15 is 0 Å². The molecule has 520 valence electrons. The first-order valence-corrected chi connectivity index (χ1v) is 34.8. The molecule has 0 spiro atoms. The number of imidazole rings is 1. The van der Waals surface area contributed by atoms with Gasteiger partial charge >= 0.3 is 18.9 Å². The van der Waals surface area contributed by atoms with Gasteiger partial charge < -0.3 is 63.9 Å². The third kappa shape index (κ3) is 26.6. The van der Waals surface area contributed by atoms with Crippen LogP contribution >= 0.6 is 0 Å². The van der Waals surface area contributed by atoms with Crippen LogP contribution in [-0.4, -0.2) is 93.5 Å². The maximum Gasteiger partial charge on any atom is 1.00 e. The zero-order valence-electron chi connectivity index (χ0n) is 56.7. The van der Waals surface area contributed by atoms with Crippen molar-refractivity contribution >= 4 is 18.0 Å². The average molecular weight is 1350 g/mol. The standard InChI is InChI=1S/2C16H20O3.C14H15NO2.C13H14N2O.C9H8O2.C4H10O.C3H8O.ClHO4.Li/c1-2-17-15-9-6-12-11-13(7-8-14(12)15)19-16-5-3-4-10-18-16;17-9-8-12-4-5-13-11-14(6-7-15(12)13)19-16-3-1-2-10-18-16;16-12-3-4-13-10(1-2-11(13)7-12)5-9-6-14(17)15-8-9;16-12-3-4-13-9(1-2-10(13)6-12)5-11-7-14-8-15-11;10-7-2-3-8-6(5-7)1-4-9(8)11;1-3-5-4-2;1-3(2)4;2-1(3,4)5;/h2,7-8,11,15-16H,1,3-6,9-10H2;6-7,9,11-12,16H,1-5,8,10H2;3-4,7-8,10,16H,1-2,5-6H2,(H,15,17);3-4,6-9,16H,1-2,5H2,(H,14,15);2-3,5,10H,1,4H2;3-4H2,1-2H3;3-4H,1-2H3;(H,2,3,4,5);/q;;;;;;;;+1/p-1. The number of phenolic OH excluding ortho intramolecular Hbond substituents is 3. The van der Waals surface area contributed by atoms with E-state index in [9.17, 15) is 24.6 Å². The normalized spacial score (nSPS) is 20.2. The quantitative estimate of drug-likeness (QED) is 0.0373. The third-order valence-corrected chi connectivity index (χ3v) is 17.3. The minimum absolute atomic E-state index is 0. The number of carbonyl (C=O) groups excluding carboxylic acids is 3. The van der Waals surface area contributed by atoms with Crippen molar-refractivity contribution < 1.29 is 111 Å². The first-order chi connectivity index (χ1) is 46.2. The minimum atomic E-state index is -4.94. The number of aldehydes is 1. The maximum absolute atomic E-state index is 11.1. The van der Waals surface area contributed by atoms with Crippen LogP contribution in [0.5, 0.6) is 28.7 Å².